The van der Waals surface area contributed by atoms with E-state index in [4.69, 9.17) is 16.3 Å². The molecule has 1 aromatic heterocycles. The van der Waals surface area contributed by atoms with E-state index in [1.54, 1.807) is 31.4 Å². The molecule has 0 unspecified atom stereocenters. The molecule has 29 heavy (non-hydrogen) atoms. The summed E-state index contributed by atoms with van der Waals surface area (Å²) >= 11 is 6.27. The SMILES string of the molecule is COc1ccc(NC(=O)c2c(C)nc3ccc(Cl)cc3c2-c2ccccc2)cc1. The first-order valence-corrected chi connectivity index (χ1v) is 9.55. The van der Waals surface area contributed by atoms with Gasteiger partial charge in [0.05, 0.1) is 23.9 Å². The minimum Gasteiger partial charge on any atom is -0.497 e. The van der Waals surface area contributed by atoms with E-state index >= 15 is 0 Å². The molecule has 0 aliphatic heterocycles. The van der Waals surface area contributed by atoms with Gasteiger partial charge in [0.2, 0.25) is 0 Å². The molecule has 4 aromatic rings. The van der Waals surface area contributed by atoms with Gasteiger partial charge in [0.15, 0.2) is 0 Å². The monoisotopic (exact) mass is 402 g/mol. The van der Waals surface area contributed by atoms with Crippen molar-refractivity contribution in [1.29, 1.82) is 0 Å². The molecule has 0 radical (unpaired) electrons. The van der Waals surface area contributed by atoms with Crippen molar-refractivity contribution in [2.24, 2.45) is 0 Å². The zero-order valence-corrected chi connectivity index (χ0v) is 16.8. The molecule has 0 saturated heterocycles. The summed E-state index contributed by atoms with van der Waals surface area (Å²) in [6.07, 6.45) is 0. The highest BCUT2D eigenvalue weighted by atomic mass is 35.5. The lowest BCUT2D eigenvalue weighted by atomic mass is 9.94. The summed E-state index contributed by atoms with van der Waals surface area (Å²) in [7, 11) is 1.61. The van der Waals surface area contributed by atoms with Gasteiger partial charge in [-0.15, -0.1) is 0 Å². The number of nitrogens with one attached hydrogen (secondary N) is 1. The molecule has 3 aromatic carbocycles. The van der Waals surface area contributed by atoms with E-state index in [2.05, 4.69) is 10.3 Å². The number of amides is 1. The molecule has 0 spiro atoms. The molecule has 0 aliphatic carbocycles. The summed E-state index contributed by atoms with van der Waals surface area (Å²) in [6.45, 7) is 1.85. The summed E-state index contributed by atoms with van der Waals surface area (Å²) in [5.74, 6) is 0.507. The molecule has 0 aliphatic rings. The first kappa shape index (κ1) is 19.0. The molecule has 1 N–H and O–H groups in total. The van der Waals surface area contributed by atoms with E-state index in [-0.39, 0.29) is 5.91 Å². The Morgan fingerprint density at radius 2 is 1.72 bits per heavy atom. The maximum absolute atomic E-state index is 13.3. The van der Waals surface area contributed by atoms with Crippen LogP contribution in [0, 0.1) is 6.92 Å². The third-order valence-corrected chi connectivity index (χ3v) is 5.00. The highest BCUT2D eigenvalue weighted by Crippen LogP contribution is 2.35. The normalized spacial score (nSPS) is 10.7. The van der Waals surface area contributed by atoms with E-state index in [9.17, 15) is 4.79 Å². The van der Waals surface area contributed by atoms with Gasteiger partial charge in [0.1, 0.15) is 5.75 Å². The van der Waals surface area contributed by atoms with Gasteiger partial charge in [-0.3, -0.25) is 9.78 Å². The van der Waals surface area contributed by atoms with Crippen LogP contribution in [0.25, 0.3) is 22.0 Å². The third kappa shape index (κ3) is 3.80. The maximum atomic E-state index is 13.3. The second-order valence-corrected chi connectivity index (χ2v) is 7.09. The van der Waals surface area contributed by atoms with E-state index in [0.29, 0.717) is 22.0 Å². The highest BCUT2D eigenvalue weighted by molar-refractivity contribution is 6.31. The number of benzene rings is 3. The van der Waals surface area contributed by atoms with Crippen molar-refractivity contribution >= 4 is 34.1 Å². The van der Waals surface area contributed by atoms with E-state index in [0.717, 1.165) is 27.8 Å². The Hall–Kier alpha value is -3.37. The number of aromatic nitrogens is 1. The molecule has 0 saturated carbocycles. The molecule has 1 amide bonds. The summed E-state index contributed by atoms with van der Waals surface area (Å²) in [6, 6.07) is 22.6. The first-order chi connectivity index (χ1) is 14.1. The number of hydrogen-bond donors (Lipinski definition) is 1. The topological polar surface area (TPSA) is 51.2 Å². The maximum Gasteiger partial charge on any atom is 0.258 e. The smallest absolute Gasteiger partial charge is 0.258 e. The van der Waals surface area contributed by atoms with Gasteiger partial charge in [-0.1, -0.05) is 41.9 Å². The molecule has 1 heterocycles. The number of ether oxygens (including phenoxy) is 1. The average molecular weight is 403 g/mol. The fourth-order valence-corrected chi connectivity index (χ4v) is 3.58. The number of fused-ring (bicyclic) bond motifs is 1. The van der Waals surface area contributed by atoms with Crippen molar-refractivity contribution in [3.63, 3.8) is 0 Å². The number of rotatable bonds is 4. The highest BCUT2D eigenvalue weighted by Gasteiger charge is 2.21. The van der Waals surface area contributed by atoms with Crippen LogP contribution in [0.1, 0.15) is 16.1 Å². The number of aryl methyl sites for hydroxylation is 1. The lowest BCUT2D eigenvalue weighted by Gasteiger charge is -2.16. The predicted molar refractivity (Wildman–Crippen MR) is 118 cm³/mol. The Morgan fingerprint density at radius 1 is 1.00 bits per heavy atom. The second-order valence-electron chi connectivity index (χ2n) is 6.66. The van der Waals surface area contributed by atoms with E-state index in [1.807, 2.05) is 55.5 Å². The van der Waals surface area contributed by atoms with Crippen molar-refractivity contribution in [1.82, 2.24) is 4.98 Å². The average Bonchev–Trinajstić information content (AvgIpc) is 2.74. The van der Waals surface area contributed by atoms with Crippen LogP contribution in [0.2, 0.25) is 5.02 Å². The van der Waals surface area contributed by atoms with E-state index < -0.39 is 0 Å². The van der Waals surface area contributed by atoms with Crippen LogP contribution < -0.4 is 10.1 Å². The standard InChI is InChI=1S/C24H19ClN2O2/c1-15-22(24(28)27-18-9-11-19(29-2)12-10-18)23(16-6-4-3-5-7-16)20-14-17(25)8-13-21(20)26-15/h3-14H,1-2H3,(H,27,28). The molecular formula is C24H19ClN2O2. The number of hydrogen-bond acceptors (Lipinski definition) is 3. The minimum atomic E-state index is -0.221. The number of anilines is 1. The van der Waals surface area contributed by atoms with Gasteiger partial charge in [-0.2, -0.15) is 0 Å². The molecule has 5 heteroatoms. The van der Waals surface area contributed by atoms with Gasteiger partial charge in [-0.05, 0) is 55.0 Å². The predicted octanol–water partition coefficient (Wildman–Crippen LogP) is 6.12. The van der Waals surface area contributed by atoms with Gasteiger partial charge in [0.25, 0.3) is 5.91 Å². The number of carbonyl (C=O) groups is 1. The molecular weight excluding hydrogens is 384 g/mol. The fourth-order valence-electron chi connectivity index (χ4n) is 3.41. The quantitative estimate of drug-likeness (QED) is 0.447. The van der Waals surface area contributed by atoms with Gasteiger partial charge < -0.3 is 10.1 Å². The zero-order chi connectivity index (χ0) is 20.4. The van der Waals surface area contributed by atoms with Crippen LogP contribution >= 0.6 is 11.6 Å². The number of carbonyl (C=O) groups excluding carboxylic acids is 1. The number of nitrogens with zero attached hydrogens (tertiary/aromatic N) is 1. The Kier molecular flexibility index (Phi) is 5.19. The number of methoxy groups -OCH3 is 1. The molecule has 0 bridgehead atoms. The number of pyridine rings is 1. The second kappa shape index (κ2) is 7.94. The van der Waals surface area contributed by atoms with Crippen molar-refractivity contribution in [3.05, 3.63) is 89.1 Å². The molecule has 4 rings (SSSR count). The van der Waals surface area contributed by atoms with Crippen LogP contribution in [0.3, 0.4) is 0 Å². The Balaban J connectivity index is 1.88. The van der Waals surface area contributed by atoms with Crippen LogP contribution in [0.15, 0.2) is 72.8 Å². The van der Waals surface area contributed by atoms with Crippen LogP contribution in [0.4, 0.5) is 5.69 Å². The Labute approximate surface area is 174 Å². The van der Waals surface area contributed by atoms with Gasteiger partial charge in [-0.25, -0.2) is 0 Å². The van der Waals surface area contributed by atoms with Crippen LogP contribution in [0.5, 0.6) is 5.75 Å². The van der Waals surface area contributed by atoms with Crippen molar-refractivity contribution in [2.75, 3.05) is 12.4 Å². The van der Waals surface area contributed by atoms with Crippen molar-refractivity contribution < 1.29 is 9.53 Å². The molecule has 144 valence electrons. The van der Waals surface area contributed by atoms with Crippen molar-refractivity contribution in [3.8, 4) is 16.9 Å². The largest absolute Gasteiger partial charge is 0.497 e. The van der Waals surface area contributed by atoms with Gasteiger partial charge in [0, 0.05) is 21.7 Å². The minimum absolute atomic E-state index is 0.221. The first-order valence-electron chi connectivity index (χ1n) is 9.17. The lowest BCUT2D eigenvalue weighted by Crippen LogP contribution is -2.16. The lowest BCUT2D eigenvalue weighted by molar-refractivity contribution is 0.102. The Bertz CT molecular complexity index is 1190. The number of halogens is 1. The summed E-state index contributed by atoms with van der Waals surface area (Å²) in [5, 5.41) is 4.41. The Morgan fingerprint density at radius 3 is 2.41 bits per heavy atom. The third-order valence-electron chi connectivity index (χ3n) is 4.77. The summed E-state index contributed by atoms with van der Waals surface area (Å²) < 4.78 is 5.18. The van der Waals surface area contributed by atoms with E-state index in [1.165, 1.54) is 0 Å². The molecule has 4 nitrogen and oxygen atoms in total. The van der Waals surface area contributed by atoms with Crippen LogP contribution in [-0.4, -0.2) is 18.0 Å². The fraction of sp³-hybridized carbons (Fsp3) is 0.0833. The summed E-state index contributed by atoms with van der Waals surface area (Å²) in [5.41, 5.74) is 4.42. The zero-order valence-electron chi connectivity index (χ0n) is 16.1. The van der Waals surface area contributed by atoms with Crippen molar-refractivity contribution in [2.45, 2.75) is 6.92 Å². The molecule has 0 atom stereocenters. The van der Waals surface area contributed by atoms with Gasteiger partial charge >= 0.3 is 0 Å². The summed E-state index contributed by atoms with van der Waals surface area (Å²) in [4.78, 5) is 18.0. The molecule has 0 fully saturated rings. The van der Waals surface area contributed by atoms with Crippen LogP contribution in [-0.2, 0) is 0 Å².